The van der Waals surface area contributed by atoms with Crippen molar-refractivity contribution in [3.8, 4) is 22.5 Å². The molecule has 0 unspecified atom stereocenters. The van der Waals surface area contributed by atoms with Crippen molar-refractivity contribution in [1.82, 2.24) is 25.6 Å². The van der Waals surface area contributed by atoms with E-state index in [0.29, 0.717) is 39.1 Å². The molecular weight excluding hydrogens is 580 g/mol. The van der Waals surface area contributed by atoms with Crippen LogP contribution in [0.4, 0.5) is 5.69 Å². The molecule has 4 rings (SSSR count). The van der Waals surface area contributed by atoms with Gasteiger partial charge in [-0.2, -0.15) is 0 Å². The number of carbonyl (C=O) groups excluding carboxylic acids is 3. The van der Waals surface area contributed by atoms with Crippen LogP contribution in [-0.4, -0.2) is 64.9 Å². The minimum absolute atomic E-state index is 0.0114. The average Bonchev–Trinajstić information content (AvgIpc) is 3.43. The predicted molar refractivity (Wildman–Crippen MR) is 181 cm³/mol. The zero-order chi connectivity index (χ0) is 33.5. The number of likely N-dealkylation sites (N-methyl/N-ethyl adjacent to an activating group) is 1. The number of nitrogens with one attached hydrogen (secondary N) is 2. The highest BCUT2D eigenvalue weighted by atomic mass is 16.5. The van der Waals surface area contributed by atoms with Gasteiger partial charge in [0.05, 0.1) is 30.1 Å². The summed E-state index contributed by atoms with van der Waals surface area (Å²) in [6, 6.07) is 15.8. The maximum atomic E-state index is 13.8. The second-order valence-corrected chi connectivity index (χ2v) is 13.6. The highest BCUT2D eigenvalue weighted by Gasteiger charge is 2.31. The number of hydrogen-bond donors (Lipinski definition) is 2. The van der Waals surface area contributed by atoms with Crippen molar-refractivity contribution < 1.29 is 19.1 Å². The molecule has 2 aromatic carbocycles. The highest BCUT2D eigenvalue weighted by molar-refractivity contribution is 6.01. The Balaban J connectivity index is 1.39. The van der Waals surface area contributed by atoms with Crippen LogP contribution in [0, 0.1) is 11.3 Å². The van der Waals surface area contributed by atoms with Gasteiger partial charge in [-0.05, 0) is 45.4 Å². The molecule has 0 spiro atoms. The Morgan fingerprint density at radius 3 is 2.35 bits per heavy atom. The number of amides is 2. The lowest BCUT2D eigenvalue weighted by atomic mass is 9.80. The Hall–Kier alpha value is -3.89. The van der Waals surface area contributed by atoms with Crippen molar-refractivity contribution in [2.75, 3.05) is 31.6 Å². The Bertz CT molecular complexity index is 1530. The quantitative estimate of drug-likeness (QED) is 0.231. The summed E-state index contributed by atoms with van der Waals surface area (Å²) >= 11 is 0. The summed E-state index contributed by atoms with van der Waals surface area (Å²) in [6.07, 6.45) is 1.41. The van der Waals surface area contributed by atoms with Crippen LogP contribution < -0.4 is 15.5 Å². The van der Waals surface area contributed by atoms with E-state index in [9.17, 15) is 14.4 Å². The normalized spacial score (nSPS) is 13.0. The summed E-state index contributed by atoms with van der Waals surface area (Å²) in [4.78, 5) is 40.9. The first kappa shape index (κ1) is 35.0. The van der Waals surface area contributed by atoms with Gasteiger partial charge in [0.1, 0.15) is 11.5 Å². The van der Waals surface area contributed by atoms with Crippen LogP contribution in [0.15, 0.2) is 48.5 Å². The Morgan fingerprint density at radius 1 is 0.935 bits per heavy atom. The van der Waals surface area contributed by atoms with Gasteiger partial charge in [0.15, 0.2) is 0 Å². The molecule has 2 N–H and O–H groups in total. The number of anilines is 1. The van der Waals surface area contributed by atoms with E-state index in [4.69, 9.17) is 4.74 Å². The summed E-state index contributed by atoms with van der Waals surface area (Å²) < 4.78 is 8.00. The smallest absolute Gasteiger partial charge is 0.227 e. The van der Waals surface area contributed by atoms with E-state index in [1.54, 1.807) is 4.90 Å². The summed E-state index contributed by atoms with van der Waals surface area (Å²) in [6.45, 7) is 14.4. The molecule has 46 heavy (non-hydrogen) atoms. The molecule has 2 amide bonds. The van der Waals surface area contributed by atoms with Crippen LogP contribution in [0.25, 0.3) is 22.5 Å². The lowest BCUT2D eigenvalue weighted by Gasteiger charge is -2.30. The molecule has 2 heterocycles. The summed E-state index contributed by atoms with van der Waals surface area (Å²) in [5, 5.41) is 15.2. The molecule has 0 atom stereocenters. The van der Waals surface area contributed by atoms with Crippen LogP contribution in [-0.2, 0) is 32.2 Å². The molecular formula is C36H50N6O4. The number of ketones is 1. The summed E-state index contributed by atoms with van der Waals surface area (Å²) in [7, 11) is 1.90. The zero-order valence-electron chi connectivity index (χ0n) is 28.5. The van der Waals surface area contributed by atoms with E-state index < -0.39 is 11.0 Å². The maximum Gasteiger partial charge on any atom is 0.227 e. The number of benzene rings is 2. The monoisotopic (exact) mass is 630 g/mol. The zero-order valence-corrected chi connectivity index (χ0v) is 28.5. The van der Waals surface area contributed by atoms with Crippen molar-refractivity contribution in [1.29, 1.82) is 0 Å². The first-order valence-electron chi connectivity index (χ1n) is 16.4. The van der Waals surface area contributed by atoms with Crippen LogP contribution >= 0.6 is 0 Å². The van der Waals surface area contributed by atoms with Gasteiger partial charge in [-0.1, -0.05) is 75.4 Å². The highest BCUT2D eigenvalue weighted by Crippen LogP contribution is 2.41. The van der Waals surface area contributed by atoms with Gasteiger partial charge >= 0.3 is 0 Å². The number of hydrogen-bond acceptors (Lipinski definition) is 7. The van der Waals surface area contributed by atoms with Gasteiger partial charge in [0.2, 0.25) is 11.8 Å². The second-order valence-electron chi connectivity index (χ2n) is 13.6. The van der Waals surface area contributed by atoms with E-state index >= 15 is 0 Å². The number of rotatable bonds is 15. The van der Waals surface area contributed by atoms with Crippen molar-refractivity contribution in [3.05, 3.63) is 54.1 Å². The van der Waals surface area contributed by atoms with Crippen molar-refractivity contribution in [2.24, 2.45) is 11.3 Å². The molecule has 0 radical (unpaired) electrons. The first-order chi connectivity index (χ1) is 21.8. The fourth-order valence-electron chi connectivity index (χ4n) is 5.92. The van der Waals surface area contributed by atoms with Gasteiger partial charge in [0, 0.05) is 55.0 Å². The van der Waals surface area contributed by atoms with Crippen LogP contribution in [0.3, 0.4) is 0 Å². The third-order valence-electron chi connectivity index (χ3n) is 8.69. The minimum atomic E-state index is -0.463. The molecule has 0 fully saturated rings. The number of Topliss-reactive ketones (excluding diaryl/α,β-unsaturated/α-hetero) is 1. The van der Waals surface area contributed by atoms with E-state index in [-0.39, 0.29) is 36.4 Å². The van der Waals surface area contributed by atoms with Crippen molar-refractivity contribution in [2.45, 2.75) is 85.9 Å². The second kappa shape index (κ2) is 15.1. The molecule has 0 saturated carbocycles. The average molecular weight is 631 g/mol. The lowest BCUT2D eigenvalue weighted by molar-refractivity contribution is -0.132. The Labute approximate surface area is 273 Å². The molecule has 1 aliphatic heterocycles. The maximum absolute atomic E-state index is 13.8. The topological polar surface area (TPSA) is 118 Å². The minimum Gasteiger partial charge on any atom is -0.375 e. The van der Waals surface area contributed by atoms with Gasteiger partial charge in [-0.3, -0.25) is 14.4 Å². The number of ether oxygens (including phenoxy) is 1. The number of nitrogens with zero attached hydrogens (tertiary/aromatic N) is 4. The molecule has 0 bridgehead atoms. The van der Waals surface area contributed by atoms with Crippen LogP contribution in [0.2, 0.25) is 0 Å². The van der Waals surface area contributed by atoms with E-state index in [1.807, 2.05) is 102 Å². The molecule has 3 aromatic rings. The van der Waals surface area contributed by atoms with E-state index in [0.717, 1.165) is 40.3 Å². The van der Waals surface area contributed by atoms with Gasteiger partial charge in [0.25, 0.3) is 0 Å². The number of carbonyl (C=O) groups is 3. The summed E-state index contributed by atoms with van der Waals surface area (Å²) in [5.41, 5.74) is 4.33. The van der Waals surface area contributed by atoms with E-state index in [1.165, 1.54) is 0 Å². The van der Waals surface area contributed by atoms with Crippen LogP contribution in [0.1, 0.15) is 72.8 Å². The molecule has 1 aliphatic rings. The fourth-order valence-corrected chi connectivity index (χ4v) is 5.92. The number of fused-ring (bicyclic) bond motifs is 5. The third kappa shape index (κ3) is 8.47. The molecule has 10 nitrogen and oxygen atoms in total. The van der Waals surface area contributed by atoms with Crippen LogP contribution in [0.5, 0.6) is 0 Å². The van der Waals surface area contributed by atoms with Gasteiger partial charge in [-0.25, -0.2) is 4.68 Å². The standard InChI is InChI=1S/C36H50N6O4/c1-25(2)34(45)35(3,4)19-23-46-36(5,6)18-20-38-30(43)16-17-31(44)41-24-26-12-8-9-13-27(26)32-33(28-14-10-11-15-29(28)41)42(40-39-32)22-21-37-7/h8-15,25,37H,16-24H2,1-7H3,(H,38,43). The summed E-state index contributed by atoms with van der Waals surface area (Å²) in [5.74, 6) is -0.0813. The number of aromatic nitrogens is 3. The van der Waals surface area contributed by atoms with Crippen molar-refractivity contribution in [3.63, 3.8) is 0 Å². The largest absolute Gasteiger partial charge is 0.375 e. The van der Waals surface area contributed by atoms with Gasteiger partial charge in [-0.15, -0.1) is 5.10 Å². The Morgan fingerprint density at radius 2 is 1.63 bits per heavy atom. The fraction of sp³-hybridized carbons (Fsp3) is 0.528. The van der Waals surface area contributed by atoms with E-state index in [2.05, 4.69) is 20.9 Å². The first-order valence-corrected chi connectivity index (χ1v) is 16.4. The molecule has 10 heteroatoms. The molecule has 0 saturated heterocycles. The molecule has 0 aliphatic carbocycles. The lowest BCUT2D eigenvalue weighted by Crippen LogP contribution is -2.36. The molecule has 248 valence electrons. The third-order valence-corrected chi connectivity index (χ3v) is 8.69. The number of para-hydroxylation sites is 1. The van der Waals surface area contributed by atoms with Crippen molar-refractivity contribution >= 4 is 23.3 Å². The Kier molecular flexibility index (Phi) is 11.5. The molecule has 1 aromatic heterocycles. The van der Waals surface area contributed by atoms with Gasteiger partial charge < -0.3 is 20.3 Å². The predicted octanol–water partition coefficient (Wildman–Crippen LogP) is 5.40. The SMILES string of the molecule is CNCCn1nnc2c1-c1ccccc1N(C(=O)CCC(=O)NCCC(C)(C)OCCC(C)(C)C(=O)C(C)C)Cc1ccccc1-2.